The molecule has 0 bridgehead atoms. The predicted octanol–water partition coefficient (Wildman–Crippen LogP) is 3.24. The van der Waals surface area contributed by atoms with Crippen molar-refractivity contribution in [1.29, 1.82) is 0 Å². The van der Waals surface area contributed by atoms with Crippen molar-refractivity contribution in [3.8, 4) is 0 Å². The first-order valence-corrected chi connectivity index (χ1v) is 7.22. The maximum absolute atomic E-state index is 12.9. The molecule has 0 saturated heterocycles. The molecule has 9 heteroatoms. The molecule has 0 aliphatic heterocycles. The van der Waals surface area contributed by atoms with Crippen molar-refractivity contribution in [2.75, 3.05) is 5.32 Å². The Hall–Kier alpha value is -2.84. The third-order valence-electron chi connectivity index (χ3n) is 3.53. The second kappa shape index (κ2) is 7.16. The van der Waals surface area contributed by atoms with Crippen LogP contribution in [0.2, 0.25) is 0 Å². The van der Waals surface area contributed by atoms with Gasteiger partial charge in [0.2, 0.25) is 11.6 Å². The van der Waals surface area contributed by atoms with E-state index >= 15 is 0 Å². The zero-order chi connectivity index (χ0) is 17.9. The fraction of sp³-hybridized carbons (Fsp3) is 0.333. The lowest BCUT2D eigenvalue weighted by atomic mass is 10.1. The Labute approximate surface area is 136 Å². The van der Waals surface area contributed by atoms with E-state index in [1.54, 1.807) is 12.1 Å². The van der Waals surface area contributed by atoms with Gasteiger partial charge in [0.25, 0.3) is 6.43 Å². The summed E-state index contributed by atoms with van der Waals surface area (Å²) in [6.07, 6.45) is -2.23. The van der Waals surface area contributed by atoms with Crippen LogP contribution in [-0.2, 0) is 17.8 Å². The van der Waals surface area contributed by atoms with E-state index in [9.17, 15) is 23.7 Å². The standard InChI is InChI=1S/C15H16F2N4O3/c1-3-10-4-6-11(7-5-10)18-12(22)8-20-9(2)14(21(23)24)13(19-20)15(16)17/h4-7,15H,3,8H2,1-2H3,(H,18,22). The number of hydrogen-bond acceptors (Lipinski definition) is 4. The number of anilines is 1. The molecule has 0 spiro atoms. The average molecular weight is 338 g/mol. The van der Waals surface area contributed by atoms with Gasteiger partial charge < -0.3 is 5.32 Å². The first-order valence-electron chi connectivity index (χ1n) is 7.22. The molecular formula is C15H16F2N4O3. The van der Waals surface area contributed by atoms with Crippen molar-refractivity contribution in [3.63, 3.8) is 0 Å². The third kappa shape index (κ3) is 3.73. The summed E-state index contributed by atoms with van der Waals surface area (Å²) in [6.45, 7) is 2.89. The Balaban J connectivity index is 2.16. The summed E-state index contributed by atoms with van der Waals surface area (Å²) in [7, 11) is 0. The Morgan fingerprint density at radius 3 is 2.46 bits per heavy atom. The topological polar surface area (TPSA) is 90.1 Å². The lowest BCUT2D eigenvalue weighted by Gasteiger charge is -2.07. The second-order valence-corrected chi connectivity index (χ2v) is 5.13. The molecule has 0 atom stereocenters. The largest absolute Gasteiger partial charge is 0.324 e. The Kier molecular flexibility index (Phi) is 5.22. The summed E-state index contributed by atoms with van der Waals surface area (Å²) in [6, 6.07) is 7.16. The molecule has 0 aliphatic carbocycles. The van der Waals surface area contributed by atoms with Crippen LogP contribution in [0.5, 0.6) is 0 Å². The van der Waals surface area contributed by atoms with Crippen LogP contribution < -0.4 is 5.32 Å². The number of carbonyl (C=O) groups is 1. The first kappa shape index (κ1) is 17.5. The zero-order valence-corrected chi connectivity index (χ0v) is 13.1. The highest BCUT2D eigenvalue weighted by molar-refractivity contribution is 5.90. The molecule has 0 unspecified atom stereocenters. The minimum Gasteiger partial charge on any atom is -0.324 e. The number of amides is 1. The highest BCUT2D eigenvalue weighted by atomic mass is 19.3. The predicted molar refractivity (Wildman–Crippen MR) is 83.0 cm³/mol. The number of hydrogen-bond donors (Lipinski definition) is 1. The van der Waals surface area contributed by atoms with E-state index in [1.165, 1.54) is 6.92 Å². The normalized spacial score (nSPS) is 10.9. The fourth-order valence-corrected chi connectivity index (χ4v) is 2.25. The van der Waals surface area contributed by atoms with Crippen LogP contribution in [0.25, 0.3) is 0 Å². The number of aromatic nitrogens is 2. The smallest absolute Gasteiger partial charge is 0.319 e. The van der Waals surface area contributed by atoms with Crippen LogP contribution in [-0.4, -0.2) is 20.6 Å². The highest BCUT2D eigenvalue weighted by Crippen LogP contribution is 2.30. The minimum absolute atomic E-state index is 0.0909. The molecule has 0 aliphatic rings. The quantitative estimate of drug-likeness (QED) is 0.647. The van der Waals surface area contributed by atoms with Crippen molar-refractivity contribution >= 4 is 17.3 Å². The van der Waals surface area contributed by atoms with Gasteiger partial charge in [0.1, 0.15) is 12.2 Å². The number of benzene rings is 1. The number of rotatable bonds is 6. The van der Waals surface area contributed by atoms with Gasteiger partial charge in [0.15, 0.2) is 0 Å². The molecule has 0 radical (unpaired) electrons. The molecule has 128 valence electrons. The minimum atomic E-state index is -3.09. The SMILES string of the molecule is CCc1ccc(NC(=O)Cn2nc(C(F)F)c([N+](=O)[O-])c2C)cc1. The fourth-order valence-electron chi connectivity index (χ4n) is 2.25. The second-order valence-electron chi connectivity index (χ2n) is 5.13. The lowest BCUT2D eigenvalue weighted by Crippen LogP contribution is -2.20. The maximum Gasteiger partial charge on any atom is 0.319 e. The summed E-state index contributed by atoms with van der Waals surface area (Å²) in [5, 5.41) is 17.0. The molecule has 0 saturated carbocycles. The lowest BCUT2D eigenvalue weighted by molar-refractivity contribution is -0.386. The number of nitrogens with one attached hydrogen (secondary N) is 1. The molecule has 7 nitrogen and oxygen atoms in total. The van der Waals surface area contributed by atoms with Gasteiger partial charge in [-0.1, -0.05) is 19.1 Å². The molecule has 1 aromatic heterocycles. The van der Waals surface area contributed by atoms with E-state index in [1.807, 2.05) is 19.1 Å². The zero-order valence-electron chi connectivity index (χ0n) is 13.1. The number of aryl methyl sites for hydroxylation is 1. The number of nitrogens with zero attached hydrogens (tertiary/aromatic N) is 3. The van der Waals surface area contributed by atoms with Crippen molar-refractivity contribution in [1.82, 2.24) is 9.78 Å². The van der Waals surface area contributed by atoms with Gasteiger partial charge in [-0.05, 0) is 31.0 Å². The third-order valence-corrected chi connectivity index (χ3v) is 3.53. The molecule has 24 heavy (non-hydrogen) atoms. The van der Waals surface area contributed by atoms with Crippen molar-refractivity contribution < 1.29 is 18.5 Å². The van der Waals surface area contributed by atoms with Crippen LogP contribution >= 0.6 is 0 Å². The van der Waals surface area contributed by atoms with Gasteiger partial charge in [-0.15, -0.1) is 0 Å². The van der Waals surface area contributed by atoms with E-state index in [2.05, 4.69) is 10.4 Å². The Bertz CT molecular complexity index is 757. The Morgan fingerprint density at radius 1 is 1.38 bits per heavy atom. The highest BCUT2D eigenvalue weighted by Gasteiger charge is 2.31. The van der Waals surface area contributed by atoms with Gasteiger partial charge in [0.05, 0.1) is 4.92 Å². The molecule has 1 heterocycles. The molecular weight excluding hydrogens is 322 g/mol. The summed E-state index contributed by atoms with van der Waals surface area (Å²) >= 11 is 0. The molecule has 2 aromatic rings. The number of halogens is 2. The monoisotopic (exact) mass is 338 g/mol. The van der Waals surface area contributed by atoms with Crippen molar-refractivity contribution in [3.05, 3.63) is 51.3 Å². The van der Waals surface area contributed by atoms with E-state index in [0.717, 1.165) is 16.7 Å². The van der Waals surface area contributed by atoms with E-state index in [-0.39, 0.29) is 5.69 Å². The van der Waals surface area contributed by atoms with E-state index in [0.29, 0.717) is 5.69 Å². The van der Waals surface area contributed by atoms with E-state index < -0.39 is 35.2 Å². The van der Waals surface area contributed by atoms with Gasteiger partial charge in [-0.2, -0.15) is 5.10 Å². The van der Waals surface area contributed by atoms with Crippen LogP contribution in [0.3, 0.4) is 0 Å². The summed E-state index contributed by atoms with van der Waals surface area (Å²) in [4.78, 5) is 22.0. The molecule has 1 N–H and O–H groups in total. The van der Waals surface area contributed by atoms with Crippen LogP contribution in [0.4, 0.5) is 20.2 Å². The van der Waals surface area contributed by atoms with Crippen LogP contribution in [0.15, 0.2) is 24.3 Å². The number of carbonyl (C=O) groups excluding carboxylic acids is 1. The van der Waals surface area contributed by atoms with Crippen molar-refractivity contribution in [2.24, 2.45) is 0 Å². The van der Waals surface area contributed by atoms with Gasteiger partial charge >= 0.3 is 5.69 Å². The van der Waals surface area contributed by atoms with Crippen LogP contribution in [0, 0.1) is 17.0 Å². The van der Waals surface area contributed by atoms with Gasteiger partial charge in [-0.3, -0.25) is 19.6 Å². The molecule has 1 aromatic carbocycles. The van der Waals surface area contributed by atoms with E-state index in [4.69, 9.17) is 0 Å². The average Bonchev–Trinajstić information content (AvgIpc) is 2.85. The maximum atomic E-state index is 12.9. The number of nitro groups is 1. The molecule has 1 amide bonds. The van der Waals surface area contributed by atoms with Crippen molar-refractivity contribution in [2.45, 2.75) is 33.2 Å². The van der Waals surface area contributed by atoms with Gasteiger partial charge in [-0.25, -0.2) is 8.78 Å². The summed E-state index contributed by atoms with van der Waals surface area (Å²) in [5.74, 6) is -0.513. The summed E-state index contributed by atoms with van der Waals surface area (Å²) in [5.41, 5.74) is -0.131. The Morgan fingerprint density at radius 2 is 2.00 bits per heavy atom. The molecule has 2 rings (SSSR count). The summed E-state index contributed by atoms with van der Waals surface area (Å²) < 4.78 is 26.6. The number of alkyl halides is 2. The molecule has 0 fully saturated rings. The van der Waals surface area contributed by atoms with Crippen LogP contribution in [0.1, 0.15) is 30.3 Å². The first-order chi connectivity index (χ1) is 11.3. The van der Waals surface area contributed by atoms with Gasteiger partial charge in [0, 0.05) is 5.69 Å².